The van der Waals surface area contributed by atoms with Crippen molar-refractivity contribution in [2.45, 2.75) is 40.3 Å². The van der Waals surface area contributed by atoms with E-state index in [1.807, 2.05) is 38.1 Å². The number of carbonyl (C=O) groups excluding carboxylic acids is 2. The van der Waals surface area contributed by atoms with Crippen molar-refractivity contribution in [2.24, 2.45) is 5.92 Å². The molecule has 2 N–H and O–H groups in total. The van der Waals surface area contributed by atoms with Gasteiger partial charge < -0.3 is 10.6 Å². The number of carbonyl (C=O) groups is 2. The van der Waals surface area contributed by atoms with E-state index < -0.39 is 0 Å². The van der Waals surface area contributed by atoms with Crippen LogP contribution in [0.15, 0.2) is 60.9 Å². The van der Waals surface area contributed by atoms with Crippen LogP contribution in [0.5, 0.6) is 0 Å². The highest BCUT2D eigenvalue weighted by Crippen LogP contribution is 2.22. The van der Waals surface area contributed by atoms with E-state index in [9.17, 15) is 9.59 Å². The van der Waals surface area contributed by atoms with Crippen LogP contribution in [-0.2, 0) is 6.54 Å². The van der Waals surface area contributed by atoms with Crippen molar-refractivity contribution in [1.82, 2.24) is 25.1 Å². The molecule has 8 nitrogen and oxygen atoms in total. The molecule has 0 aliphatic carbocycles. The van der Waals surface area contributed by atoms with Gasteiger partial charge in [-0.2, -0.15) is 5.10 Å². The normalized spacial score (nSPS) is 12.0. The largest absolute Gasteiger partial charge is 0.344 e. The Balaban J connectivity index is 1.62. The fraction of sp³-hybridized carbons (Fsp3) is 0.269. The van der Waals surface area contributed by atoms with Crippen LogP contribution in [0.3, 0.4) is 0 Å². The van der Waals surface area contributed by atoms with Gasteiger partial charge in [-0.25, -0.2) is 9.67 Å². The summed E-state index contributed by atoms with van der Waals surface area (Å²) < 4.78 is 1.73. The van der Waals surface area contributed by atoms with E-state index in [2.05, 4.69) is 39.5 Å². The van der Waals surface area contributed by atoms with Crippen LogP contribution < -0.4 is 10.6 Å². The Morgan fingerprint density at radius 1 is 1.00 bits per heavy atom. The van der Waals surface area contributed by atoms with E-state index >= 15 is 0 Å². The number of amides is 2. The summed E-state index contributed by atoms with van der Waals surface area (Å²) in [7, 11) is 0. The van der Waals surface area contributed by atoms with Gasteiger partial charge in [-0.1, -0.05) is 37.6 Å². The maximum atomic E-state index is 13.1. The van der Waals surface area contributed by atoms with Crippen LogP contribution in [0, 0.1) is 12.8 Å². The van der Waals surface area contributed by atoms with E-state index in [0.29, 0.717) is 40.6 Å². The topological polar surface area (TPSA) is 102 Å². The van der Waals surface area contributed by atoms with Crippen molar-refractivity contribution >= 4 is 28.7 Å². The van der Waals surface area contributed by atoms with Gasteiger partial charge in [0.05, 0.1) is 11.4 Å². The fourth-order valence-corrected chi connectivity index (χ4v) is 3.64. The monoisotopic (exact) mass is 456 g/mol. The van der Waals surface area contributed by atoms with Gasteiger partial charge in [-0.05, 0) is 55.7 Å². The van der Waals surface area contributed by atoms with E-state index in [1.54, 1.807) is 41.3 Å². The molecular weight excluding hydrogens is 428 g/mol. The number of benzene rings is 1. The minimum Gasteiger partial charge on any atom is -0.344 e. The zero-order valence-corrected chi connectivity index (χ0v) is 19.7. The Hall–Kier alpha value is -4.07. The van der Waals surface area contributed by atoms with Gasteiger partial charge in [-0.3, -0.25) is 14.6 Å². The van der Waals surface area contributed by atoms with Gasteiger partial charge >= 0.3 is 0 Å². The molecule has 174 valence electrons. The molecular formula is C26H28N6O2. The second-order valence-corrected chi connectivity index (χ2v) is 8.79. The first-order valence-electron chi connectivity index (χ1n) is 11.3. The molecule has 3 aromatic heterocycles. The predicted molar refractivity (Wildman–Crippen MR) is 132 cm³/mol. The van der Waals surface area contributed by atoms with Crippen molar-refractivity contribution in [1.29, 1.82) is 0 Å². The van der Waals surface area contributed by atoms with Gasteiger partial charge in [0.1, 0.15) is 5.82 Å². The number of fused-ring (bicyclic) bond motifs is 1. The third-order valence-electron chi connectivity index (χ3n) is 5.44. The number of hydrogen-bond donors (Lipinski definition) is 2. The van der Waals surface area contributed by atoms with Crippen LogP contribution in [0.4, 0.5) is 5.82 Å². The second kappa shape index (κ2) is 9.82. The van der Waals surface area contributed by atoms with Crippen molar-refractivity contribution in [2.75, 3.05) is 5.32 Å². The first-order valence-corrected chi connectivity index (χ1v) is 11.3. The first-order chi connectivity index (χ1) is 16.3. The van der Waals surface area contributed by atoms with Crippen LogP contribution in [0.25, 0.3) is 11.0 Å². The van der Waals surface area contributed by atoms with Gasteiger partial charge in [0.15, 0.2) is 11.3 Å². The summed E-state index contributed by atoms with van der Waals surface area (Å²) in [4.78, 5) is 34.5. The summed E-state index contributed by atoms with van der Waals surface area (Å²) in [5.41, 5.74) is 3.39. The molecule has 34 heavy (non-hydrogen) atoms. The molecule has 0 spiro atoms. The van der Waals surface area contributed by atoms with Crippen molar-refractivity contribution in [3.63, 3.8) is 0 Å². The van der Waals surface area contributed by atoms with Gasteiger partial charge in [0, 0.05) is 24.5 Å². The van der Waals surface area contributed by atoms with Crippen LogP contribution in [-0.4, -0.2) is 31.6 Å². The molecule has 4 rings (SSSR count). The highest BCUT2D eigenvalue weighted by molar-refractivity contribution is 6.06. The van der Waals surface area contributed by atoms with Crippen LogP contribution in [0.2, 0.25) is 0 Å². The third-order valence-corrected chi connectivity index (χ3v) is 5.44. The van der Waals surface area contributed by atoms with Gasteiger partial charge in [0.25, 0.3) is 11.8 Å². The second-order valence-electron chi connectivity index (χ2n) is 8.79. The smallest absolute Gasteiger partial charge is 0.272 e. The number of nitrogens with zero attached hydrogens (tertiary/aromatic N) is 4. The molecule has 0 bridgehead atoms. The number of aromatic nitrogens is 4. The molecule has 4 aromatic rings. The summed E-state index contributed by atoms with van der Waals surface area (Å²) in [5.74, 6) is 0.159. The summed E-state index contributed by atoms with van der Waals surface area (Å²) in [6.45, 7) is 8.60. The summed E-state index contributed by atoms with van der Waals surface area (Å²) in [6, 6.07) is 14.3. The molecule has 1 aromatic carbocycles. The molecule has 3 heterocycles. The number of anilines is 1. The molecule has 0 radical (unpaired) electrons. The number of hydrogen-bond acceptors (Lipinski definition) is 5. The minimum absolute atomic E-state index is 0.229. The van der Waals surface area contributed by atoms with Crippen molar-refractivity contribution < 1.29 is 9.59 Å². The van der Waals surface area contributed by atoms with E-state index in [0.717, 1.165) is 11.1 Å². The van der Waals surface area contributed by atoms with Crippen molar-refractivity contribution in [3.8, 4) is 0 Å². The molecule has 0 saturated carbocycles. The van der Waals surface area contributed by atoms with Gasteiger partial charge in [-0.15, -0.1) is 0 Å². The SMILES string of the molecule is Cc1ccc(C(=O)Nc2ccc3c(C(=O)NC(C)c4cccnc4)nn(CC(C)C)c3n2)cc1. The summed E-state index contributed by atoms with van der Waals surface area (Å²) in [6.07, 6.45) is 3.42. The lowest BCUT2D eigenvalue weighted by molar-refractivity contribution is 0.0934. The number of pyridine rings is 2. The zero-order valence-electron chi connectivity index (χ0n) is 19.7. The molecule has 2 amide bonds. The predicted octanol–water partition coefficient (Wildman–Crippen LogP) is 4.53. The number of aryl methyl sites for hydroxylation is 1. The lowest BCUT2D eigenvalue weighted by Gasteiger charge is -2.12. The maximum Gasteiger partial charge on any atom is 0.272 e. The van der Waals surface area contributed by atoms with E-state index in [4.69, 9.17) is 0 Å². The molecule has 0 saturated heterocycles. The third kappa shape index (κ3) is 5.11. The molecule has 1 atom stereocenters. The molecule has 0 fully saturated rings. The van der Waals surface area contributed by atoms with Crippen LogP contribution >= 0.6 is 0 Å². The zero-order chi connectivity index (χ0) is 24.2. The lowest BCUT2D eigenvalue weighted by Crippen LogP contribution is -2.27. The van der Waals surface area contributed by atoms with E-state index in [1.165, 1.54) is 0 Å². The Morgan fingerprint density at radius 3 is 2.44 bits per heavy atom. The fourth-order valence-electron chi connectivity index (χ4n) is 3.64. The Bertz CT molecular complexity index is 1310. The quantitative estimate of drug-likeness (QED) is 0.425. The summed E-state index contributed by atoms with van der Waals surface area (Å²) in [5, 5.41) is 11.0. The lowest BCUT2D eigenvalue weighted by atomic mass is 10.1. The maximum absolute atomic E-state index is 13.1. The molecule has 8 heteroatoms. The Morgan fingerprint density at radius 2 is 1.76 bits per heavy atom. The Labute approximate surface area is 198 Å². The highest BCUT2D eigenvalue weighted by Gasteiger charge is 2.21. The Kier molecular flexibility index (Phi) is 6.67. The first kappa shape index (κ1) is 23.1. The minimum atomic E-state index is -0.290. The summed E-state index contributed by atoms with van der Waals surface area (Å²) >= 11 is 0. The van der Waals surface area contributed by atoms with Gasteiger partial charge in [0.2, 0.25) is 0 Å². The average molecular weight is 457 g/mol. The van der Waals surface area contributed by atoms with Crippen molar-refractivity contribution in [3.05, 3.63) is 83.3 Å². The standard InChI is InChI=1S/C26H28N6O2/c1-16(2)15-32-24-21(23(31-32)26(34)28-18(4)20-6-5-13-27-14-20)11-12-22(29-24)30-25(33)19-9-7-17(3)8-10-19/h5-14,16,18H,15H2,1-4H3,(H,28,34)(H,29,30,33). The molecule has 0 aliphatic heterocycles. The highest BCUT2D eigenvalue weighted by atomic mass is 16.2. The van der Waals surface area contributed by atoms with Crippen LogP contribution in [0.1, 0.15) is 58.8 Å². The molecule has 1 unspecified atom stereocenters. The number of rotatable bonds is 7. The molecule has 0 aliphatic rings. The number of nitrogens with one attached hydrogen (secondary N) is 2. The van der Waals surface area contributed by atoms with E-state index in [-0.39, 0.29) is 17.9 Å². The average Bonchev–Trinajstić information content (AvgIpc) is 3.17.